The number of carbonyl (C=O) groups is 2. The van der Waals surface area contributed by atoms with Crippen LogP contribution in [0.1, 0.15) is 46.5 Å². The van der Waals surface area contributed by atoms with Crippen LogP contribution in [0.25, 0.3) is 0 Å². The molecule has 5 atom stereocenters. The van der Waals surface area contributed by atoms with Crippen molar-refractivity contribution in [3.63, 3.8) is 0 Å². The third-order valence-electron chi connectivity index (χ3n) is 4.93. The summed E-state index contributed by atoms with van der Waals surface area (Å²) < 4.78 is 5.32. The lowest BCUT2D eigenvalue weighted by Crippen LogP contribution is -2.47. The molecule has 2 fully saturated rings. The zero-order valence-electron chi connectivity index (χ0n) is 11.6. The highest BCUT2D eigenvalue weighted by Gasteiger charge is 2.47. The van der Waals surface area contributed by atoms with E-state index in [2.05, 4.69) is 13.8 Å². The van der Waals surface area contributed by atoms with Crippen molar-refractivity contribution in [2.75, 3.05) is 6.61 Å². The van der Waals surface area contributed by atoms with Crippen LogP contribution in [0, 0.1) is 29.6 Å². The maximum absolute atomic E-state index is 12.1. The van der Waals surface area contributed by atoms with Gasteiger partial charge in [0.2, 0.25) is 0 Å². The van der Waals surface area contributed by atoms with Crippen LogP contribution in [-0.4, -0.2) is 18.4 Å². The van der Waals surface area contributed by atoms with Gasteiger partial charge in [-0.1, -0.05) is 20.3 Å². The van der Waals surface area contributed by atoms with Crippen LogP contribution in [0.4, 0.5) is 0 Å². The van der Waals surface area contributed by atoms with E-state index < -0.39 is 0 Å². The average Bonchev–Trinajstić information content (AvgIpc) is 2.32. The summed E-state index contributed by atoms with van der Waals surface area (Å²) in [7, 11) is 0. The van der Waals surface area contributed by atoms with E-state index in [9.17, 15) is 9.59 Å². The van der Waals surface area contributed by atoms with Crippen LogP contribution in [0.3, 0.4) is 0 Å². The topological polar surface area (TPSA) is 43.4 Å². The highest BCUT2D eigenvalue weighted by Crippen LogP contribution is 2.46. The first-order valence-electron chi connectivity index (χ1n) is 7.16. The number of carbonyl (C=O) groups excluding carboxylic acids is 2. The lowest BCUT2D eigenvalue weighted by Gasteiger charge is -2.45. The molecule has 2 rings (SSSR count). The molecule has 0 N–H and O–H groups in total. The predicted molar refractivity (Wildman–Crippen MR) is 68.9 cm³/mol. The number of esters is 1. The quantitative estimate of drug-likeness (QED) is 0.725. The molecule has 18 heavy (non-hydrogen) atoms. The molecule has 0 unspecified atom stereocenters. The number of hydrogen-bond acceptors (Lipinski definition) is 3. The van der Waals surface area contributed by atoms with E-state index in [1.807, 2.05) is 0 Å². The van der Waals surface area contributed by atoms with E-state index in [1.54, 1.807) is 6.92 Å². The van der Waals surface area contributed by atoms with E-state index in [1.165, 1.54) is 6.42 Å². The van der Waals surface area contributed by atoms with Gasteiger partial charge in [-0.2, -0.15) is 0 Å². The van der Waals surface area contributed by atoms with Crippen molar-refractivity contribution in [3.8, 4) is 0 Å². The summed E-state index contributed by atoms with van der Waals surface area (Å²) in [6, 6.07) is 0. The Morgan fingerprint density at radius 1 is 1.28 bits per heavy atom. The maximum atomic E-state index is 12.1. The minimum Gasteiger partial charge on any atom is -0.465 e. The molecule has 1 saturated heterocycles. The highest BCUT2D eigenvalue weighted by molar-refractivity contribution is 5.76. The molecule has 1 heterocycles. The van der Waals surface area contributed by atoms with E-state index >= 15 is 0 Å². The number of fused-ring (bicyclic) bond motifs is 1. The van der Waals surface area contributed by atoms with Crippen molar-refractivity contribution in [2.45, 2.75) is 46.5 Å². The third kappa shape index (κ3) is 2.60. The van der Waals surface area contributed by atoms with Gasteiger partial charge in [-0.25, -0.2) is 0 Å². The van der Waals surface area contributed by atoms with Crippen molar-refractivity contribution in [2.24, 2.45) is 29.6 Å². The Morgan fingerprint density at radius 2 is 2.00 bits per heavy atom. The van der Waals surface area contributed by atoms with Crippen LogP contribution < -0.4 is 0 Å². The average molecular weight is 252 g/mol. The number of ketones is 1. The monoisotopic (exact) mass is 252 g/mol. The number of ether oxygens (including phenoxy) is 1. The van der Waals surface area contributed by atoms with Crippen molar-refractivity contribution < 1.29 is 14.3 Å². The molecule has 3 nitrogen and oxygen atoms in total. The number of rotatable bonds is 3. The molecule has 0 aromatic heterocycles. The molecule has 102 valence electrons. The third-order valence-corrected chi connectivity index (χ3v) is 4.93. The lowest BCUT2D eigenvalue weighted by molar-refractivity contribution is -0.169. The van der Waals surface area contributed by atoms with E-state index in [0.29, 0.717) is 36.7 Å². The molecule has 0 radical (unpaired) electrons. The fourth-order valence-corrected chi connectivity index (χ4v) is 3.78. The summed E-state index contributed by atoms with van der Waals surface area (Å²) in [5.41, 5.74) is 0. The van der Waals surface area contributed by atoms with Gasteiger partial charge < -0.3 is 9.53 Å². The van der Waals surface area contributed by atoms with Gasteiger partial charge in [0, 0.05) is 6.42 Å². The Hall–Kier alpha value is -0.860. The van der Waals surface area contributed by atoms with Gasteiger partial charge in [0.25, 0.3) is 0 Å². The second-order valence-corrected chi connectivity index (χ2v) is 6.26. The van der Waals surface area contributed by atoms with Crippen LogP contribution in [-0.2, 0) is 14.3 Å². The molecular weight excluding hydrogens is 228 g/mol. The Labute approximate surface area is 109 Å². The van der Waals surface area contributed by atoms with Gasteiger partial charge >= 0.3 is 5.97 Å². The normalized spacial score (nSPS) is 39.9. The zero-order chi connectivity index (χ0) is 13.3. The fourth-order valence-electron chi connectivity index (χ4n) is 3.78. The van der Waals surface area contributed by atoms with Crippen LogP contribution in [0.15, 0.2) is 0 Å². The fraction of sp³-hybridized carbons (Fsp3) is 0.867. The first-order chi connectivity index (χ1) is 8.50. The number of cyclic esters (lactones) is 1. The molecule has 1 aliphatic heterocycles. The summed E-state index contributed by atoms with van der Waals surface area (Å²) in [6.45, 7) is 6.61. The number of Topliss-reactive ketones (excluding diaryl/α,β-unsaturated/α-hetero) is 1. The Bertz CT molecular complexity index is 337. The van der Waals surface area contributed by atoms with Crippen LogP contribution in [0.2, 0.25) is 0 Å². The Kier molecular flexibility index (Phi) is 4.08. The Morgan fingerprint density at radius 3 is 2.67 bits per heavy atom. The minimum atomic E-state index is -0.0156. The second-order valence-electron chi connectivity index (χ2n) is 6.26. The number of hydrogen-bond donors (Lipinski definition) is 0. The molecule has 3 heteroatoms. The predicted octanol–water partition coefficient (Wildman–Crippen LogP) is 2.83. The van der Waals surface area contributed by atoms with Crippen molar-refractivity contribution in [1.29, 1.82) is 0 Å². The van der Waals surface area contributed by atoms with Gasteiger partial charge in [0.05, 0.1) is 12.5 Å². The van der Waals surface area contributed by atoms with Gasteiger partial charge in [-0.3, -0.25) is 4.79 Å². The summed E-state index contributed by atoms with van der Waals surface area (Å²) in [5.74, 6) is 2.06. The first kappa shape index (κ1) is 13.6. The molecule has 0 aromatic carbocycles. The molecule has 1 aliphatic carbocycles. The molecule has 0 bridgehead atoms. The second kappa shape index (κ2) is 5.41. The van der Waals surface area contributed by atoms with Crippen molar-refractivity contribution in [1.82, 2.24) is 0 Å². The highest BCUT2D eigenvalue weighted by atomic mass is 16.5. The summed E-state index contributed by atoms with van der Waals surface area (Å²) in [4.78, 5) is 23.3. The first-order valence-corrected chi connectivity index (χ1v) is 7.16. The van der Waals surface area contributed by atoms with Gasteiger partial charge in [0.15, 0.2) is 0 Å². The molecular formula is C15H24O3. The van der Waals surface area contributed by atoms with Crippen LogP contribution >= 0.6 is 0 Å². The van der Waals surface area contributed by atoms with Gasteiger partial charge in [0.1, 0.15) is 5.78 Å². The standard InChI is InChI=1S/C15H24O3/c1-9-4-6-13-10(2)8-18-15(17)14(13)12(9)7-5-11(3)16/h9-10,12-14H,4-8H2,1-3H3/t9-,10+,12+,13+,14+/m1/s1. The van der Waals surface area contributed by atoms with Gasteiger partial charge in [-0.15, -0.1) is 0 Å². The van der Waals surface area contributed by atoms with Crippen LogP contribution in [0.5, 0.6) is 0 Å². The van der Waals surface area contributed by atoms with Crippen molar-refractivity contribution in [3.05, 3.63) is 0 Å². The van der Waals surface area contributed by atoms with E-state index in [4.69, 9.17) is 4.74 Å². The smallest absolute Gasteiger partial charge is 0.309 e. The SMILES string of the molecule is CC(=O)CC[C@@H]1[C@@H]2C(=O)OC[C@H](C)[C@@H]2CC[C@H]1C. The summed E-state index contributed by atoms with van der Waals surface area (Å²) in [5, 5.41) is 0. The van der Waals surface area contributed by atoms with Crippen molar-refractivity contribution >= 4 is 11.8 Å². The summed E-state index contributed by atoms with van der Waals surface area (Å²) in [6.07, 6.45) is 3.76. The van der Waals surface area contributed by atoms with Gasteiger partial charge in [-0.05, 0) is 43.4 Å². The molecule has 0 spiro atoms. The molecule has 0 amide bonds. The molecule has 1 saturated carbocycles. The molecule has 0 aromatic rings. The zero-order valence-corrected chi connectivity index (χ0v) is 11.6. The lowest BCUT2D eigenvalue weighted by atomic mass is 9.61. The van der Waals surface area contributed by atoms with E-state index in [-0.39, 0.29) is 17.7 Å². The van der Waals surface area contributed by atoms with E-state index in [0.717, 1.165) is 12.8 Å². The largest absolute Gasteiger partial charge is 0.465 e. The molecule has 2 aliphatic rings. The maximum Gasteiger partial charge on any atom is 0.309 e. The minimum absolute atomic E-state index is 0.0156. The summed E-state index contributed by atoms with van der Waals surface area (Å²) >= 11 is 0. The Balaban J connectivity index is 2.13.